The molecule has 2 aromatic carbocycles. The van der Waals surface area contributed by atoms with Gasteiger partial charge in [-0.15, -0.1) is 0 Å². The molecule has 0 radical (unpaired) electrons. The minimum absolute atomic E-state index is 0.292. The van der Waals surface area contributed by atoms with Gasteiger partial charge in [0, 0.05) is 5.02 Å². The first-order valence-electron chi connectivity index (χ1n) is 6.37. The molecule has 1 fully saturated rings. The highest BCUT2D eigenvalue weighted by Crippen LogP contribution is 2.46. The number of hydrogen-bond acceptors (Lipinski definition) is 2. The zero-order chi connectivity index (χ0) is 14.2. The van der Waals surface area contributed by atoms with Crippen molar-refractivity contribution in [3.8, 4) is 0 Å². The van der Waals surface area contributed by atoms with Crippen LogP contribution in [0.1, 0.15) is 18.4 Å². The maximum atomic E-state index is 12.4. The second kappa shape index (κ2) is 4.88. The summed E-state index contributed by atoms with van der Waals surface area (Å²) < 4.78 is 27.6. The molecule has 1 saturated carbocycles. The van der Waals surface area contributed by atoms with E-state index in [9.17, 15) is 8.42 Å². The molecule has 5 heteroatoms. The lowest BCUT2D eigenvalue weighted by atomic mass is 10.1. The smallest absolute Gasteiger partial charge is 0.207 e. The molecular formula is C15H14ClNO2S. The van der Waals surface area contributed by atoms with Gasteiger partial charge >= 0.3 is 0 Å². The van der Waals surface area contributed by atoms with Crippen molar-refractivity contribution in [1.29, 1.82) is 0 Å². The van der Waals surface area contributed by atoms with Crippen molar-refractivity contribution in [3.05, 3.63) is 65.2 Å². The zero-order valence-corrected chi connectivity index (χ0v) is 12.3. The summed E-state index contributed by atoms with van der Waals surface area (Å²) in [6.45, 7) is 0. The van der Waals surface area contributed by atoms with Crippen LogP contribution < -0.4 is 4.72 Å². The maximum Gasteiger partial charge on any atom is 0.241 e. The molecule has 0 heterocycles. The minimum Gasteiger partial charge on any atom is -0.207 e. The standard InChI is InChI=1S/C15H14ClNO2S/c16-13-8-6-12(7-9-13)15(10-11-15)17-20(18,19)14-4-2-1-3-5-14/h1-9,17H,10-11H2. The maximum absolute atomic E-state index is 12.4. The van der Waals surface area contributed by atoms with Crippen molar-refractivity contribution in [2.24, 2.45) is 0 Å². The third-order valence-electron chi connectivity index (χ3n) is 3.53. The zero-order valence-electron chi connectivity index (χ0n) is 10.7. The molecule has 0 aromatic heterocycles. The fourth-order valence-electron chi connectivity index (χ4n) is 2.26. The Balaban J connectivity index is 1.89. The highest BCUT2D eigenvalue weighted by Gasteiger charge is 2.47. The van der Waals surface area contributed by atoms with Gasteiger partial charge in [0.1, 0.15) is 0 Å². The van der Waals surface area contributed by atoms with Crippen molar-refractivity contribution in [2.75, 3.05) is 0 Å². The monoisotopic (exact) mass is 307 g/mol. The van der Waals surface area contributed by atoms with Crippen LogP contribution in [-0.4, -0.2) is 8.42 Å². The van der Waals surface area contributed by atoms with Crippen molar-refractivity contribution in [1.82, 2.24) is 4.72 Å². The van der Waals surface area contributed by atoms with Gasteiger partial charge < -0.3 is 0 Å². The third kappa shape index (κ3) is 2.59. The Hall–Kier alpha value is -1.36. The molecule has 0 aliphatic heterocycles. The average molecular weight is 308 g/mol. The number of halogens is 1. The van der Waals surface area contributed by atoms with Gasteiger partial charge in [0.15, 0.2) is 0 Å². The molecule has 104 valence electrons. The van der Waals surface area contributed by atoms with E-state index in [0.29, 0.717) is 9.92 Å². The Morgan fingerprint density at radius 1 is 0.950 bits per heavy atom. The Kier molecular flexibility index (Phi) is 3.32. The van der Waals surface area contributed by atoms with Crippen molar-refractivity contribution < 1.29 is 8.42 Å². The molecule has 0 unspecified atom stereocenters. The fraction of sp³-hybridized carbons (Fsp3) is 0.200. The van der Waals surface area contributed by atoms with E-state index in [1.54, 1.807) is 42.5 Å². The van der Waals surface area contributed by atoms with E-state index in [1.807, 2.05) is 12.1 Å². The summed E-state index contributed by atoms with van der Waals surface area (Å²) in [5.74, 6) is 0. The molecule has 1 N–H and O–H groups in total. The lowest BCUT2D eigenvalue weighted by Gasteiger charge is -2.18. The van der Waals surface area contributed by atoms with Crippen LogP contribution in [0.3, 0.4) is 0 Å². The van der Waals surface area contributed by atoms with Gasteiger partial charge in [0.25, 0.3) is 0 Å². The average Bonchev–Trinajstić information content (AvgIpc) is 3.20. The minimum atomic E-state index is -3.50. The van der Waals surface area contributed by atoms with Crippen LogP contribution in [0.4, 0.5) is 0 Å². The molecule has 0 bridgehead atoms. The van der Waals surface area contributed by atoms with Gasteiger partial charge in [-0.25, -0.2) is 13.1 Å². The Morgan fingerprint density at radius 2 is 1.55 bits per heavy atom. The second-order valence-corrected chi connectivity index (χ2v) is 7.13. The van der Waals surface area contributed by atoms with E-state index in [-0.39, 0.29) is 0 Å². The number of hydrogen-bond donors (Lipinski definition) is 1. The molecule has 1 aliphatic rings. The number of sulfonamides is 1. The molecule has 0 atom stereocenters. The Labute approximate surface area is 123 Å². The van der Waals surface area contributed by atoms with Crippen LogP contribution >= 0.6 is 11.6 Å². The quantitative estimate of drug-likeness (QED) is 0.942. The summed E-state index contributed by atoms with van der Waals surface area (Å²) in [5, 5.41) is 0.649. The first-order valence-corrected chi connectivity index (χ1v) is 8.23. The van der Waals surface area contributed by atoms with Crippen LogP contribution in [0.15, 0.2) is 59.5 Å². The SMILES string of the molecule is O=S(=O)(NC1(c2ccc(Cl)cc2)CC1)c1ccccc1. The van der Waals surface area contributed by atoms with Gasteiger partial charge in [0.05, 0.1) is 10.4 Å². The fourth-order valence-corrected chi connectivity index (χ4v) is 3.86. The summed E-state index contributed by atoms with van der Waals surface area (Å²) >= 11 is 5.87. The first-order chi connectivity index (χ1) is 9.52. The Bertz CT molecular complexity index is 707. The van der Waals surface area contributed by atoms with Gasteiger partial charge in [-0.2, -0.15) is 0 Å². The molecule has 0 saturated heterocycles. The van der Waals surface area contributed by atoms with Crippen LogP contribution in [0.5, 0.6) is 0 Å². The van der Waals surface area contributed by atoms with Gasteiger partial charge in [-0.1, -0.05) is 41.9 Å². The molecule has 3 nitrogen and oxygen atoms in total. The summed E-state index contributed by atoms with van der Waals surface area (Å²) in [7, 11) is -3.50. The highest BCUT2D eigenvalue weighted by atomic mass is 35.5. The summed E-state index contributed by atoms with van der Waals surface area (Å²) in [4.78, 5) is 0.292. The van der Waals surface area contributed by atoms with Gasteiger partial charge in [-0.3, -0.25) is 0 Å². The number of benzene rings is 2. The first kappa shape index (κ1) is 13.6. The van der Waals surface area contributed by atoms with Crippen molar-refractivity contribution >= 4 is 21.6 Å². The van der Waals surface area contributed by atoms with E-state index in [1.165, 1.54) is 0 Å². The summed E-state index contributed by atoms with van der Waals surface area (Å²) in [6.07, 6.45) is 1.61. The second-order valence-electron chi connectivity index (χ2n) is 5.01. The largest absolute Gasteiger partial charge is 0.241 e. The lowest BCUT2D eigenvalue weighted by Crippen LogP contribution is -2.34. The lowest BCUT2D eigenvalue weighted by molar-refractivity contribution is 0.552. The normalized spacial score (nSPS) is 16.9. The van der Waals surface area contributed by atoms with Crippen LogP contribution in [0.2, 0.25) is 5.02 Å². The third-order valence-corrected chi connectivity index (χ3v) is 5.33. The molecular weight excluding hydrogens is 294 g/mol. The van der Waals surface area contributed by atoms with Crippen LogP contribution in [-0.2, 0) is 15.6 Å². The van der Waals surface area contributed by atoms with Crippen molar-refractivity contribution in [3.63, 3.8) is 0 Å². The van der Waals surface area contributed by atoms with Crippen molar-refractivity contribution in [2.45, 2.75) is 23.3 Å². The molecule has 3 rings (SSSR count). The highest BCUT2D eigenvalue weighted by molar-refractivity contribution is 7.89. The predicted molar refractivity (Wildman–Crippen MR) is 79.1 cm³/mol. The molecule has 2 aromatic rings. The van der Waals surface area contributed by atoms with E-state index in [4.69, 9.17) is 11.6 Å². The van der Waals surface area contributed by atoms with Gasteiger partial charge in [-0.05, 0) is 42.7 Å². The predicted octanol–water partition coefficient (Wildman–Crippen LogP) is 3.31. The van der Waals surface area contributed by atoms with E-state index in [0.717, 1.165) is 18.4 Å². The number of rotatable bonds is 4. The molecule has 20 heavy (non-hydrogen) atoms. The number of nitrogens with one attached hydrogen (secondary N) is 1. The Morgan fingerprint density at radius 3 is 2.10 bits per heavy atom. The van der Waals surface area contributed by atoms with Gasteiger partial charge in [0.2, 0.25) is 10.0 Å². The van der Waals surface area contributed by atoms with Crippen LogP contribution in [0, 0.1) is 0 Å². The molecule has 0 spiro atoms. The topological polar surface area (TPSA) is 46.2 Å². The summed E-state index contributed by atoms with van der Waals surface area (Å²) in [5.41, 5.74) is 0.487. The molecule has 1 aliphatic carbocycles. The van der Waals surface area contributed by atoms with E-state index in [2.05, 4.69) is 4.72 Å². The van der Waals surface area contributed by atoms with E-state index >= 15 is 0 Å². The van der Waals surface area contributed by atoms with Crippen LogP contribution in [0.25, 0.3) is 0 Å². The summed E-state index contributed by atoms with van der Waals surface area (Å²) in [6, 6.07) is 15.8. The van der Waals surface area contributed by atoms with E-state index < -0.39 is 15.6 Å². The molecule has 0 amide bonds.